The van der Waals surface area contributed by atoms with Gasteiger partial charge >= 0.3 is 0 Å². The Balaban J connectivity index is 2.32. The molecule has 0 fully saturated rings. The summed E-state index contributed by atoms with van der Waals surface area (Å²) in [5.41, 5.74) is 0.830. The summed E-state index contributed by atoms with van der Waals surface area (Å²) < 4.78 is 5.25. The third-order valence-corrected chi connectivity index (χ3v) is 2.73. The van der Waals surface area contributed by atoms with Crippen LogP contribution >= 0.6 is 0 Å². The molecule has 0 saturated carbocycles. The molecule has 2 atom stereocenters. The van der Waals surface area contributed by atoms with Crippen LogP contribution in [-0.2, 0) is 9.53 Å². The van der Waals surface area contributed by atoms with Crippen LogP contribution in [0.4, 0.5) is 0 Å². The number of hydrogen-bond donors (Lipinski definition) is 1. The number of carbonyl (C=O) groups is 1. The second kappa shape index (κ2) is 3.14. The lowest BCUT2D eigenvalue weighted by atomic mass is 9.84. The van der Waals surface area contributed by atoms with Crippen LogP contribution in [0, 0.1) is 5.92 Å². The van der Waals surface area contributed by atoms with E-state index in [2.05, 4.69) is 0 Å². The maximum absolute atomic E-state index is 11.5. The topological polar surface area (TPSA) is 46.5 Å². The molecule has 3 nitrogen and oxygen atoms in total. The smallest absolute Gasteiger partial charge is 0.197 e. The van der Waals surface area contributed by atoms with Crippen LogP contribution in [-0.4, -0.2) is 17.2 Å². The van der Waals surface area contributed by atoms with Crippen LogP contribution in [0.5, 0.6) is 0 Å². The number of hydrogen-bond acceptors (Lipinski definition) is 3. The minimum Gasteiger partial charge on any atom is -0.469 e. The molecule has 2 aliphatic rings. The van der Waals surface area contributed by atoms with Crippen molar-refractivity contribution in [3.63, 3.8) is 0 Å². The summed E-state index contributed by atoms with van der Waals surface area (Å²) in [6.45, 7) is 1.98. The third kappa shape index (κ3) is 1.48. The van der Waals surface area contributed by atoms with Crippen molar-refractivity contribution < 1.29 is 14.6 Å². The lowest BCUT2D eigenvalue weighted by Crippen LogP contribution is -2.29. The van der Waals surface area contributed by atoms with Gasteiger partial charge in [-0.25, -0.2) is 0 Å². The van der Waals surface area contributed by atoms with Gasteiger partial charge < -0.3 is 9.84 Å². The van der Waals surface area contributed by atoms with Gasteiger partial charge in [-0.05, 0) is 12.3 Å². The second-order valence-corrected chi connectivity index (χ2v) is 3.82. The highest BCUT2D eigenvalue weighted by molar-refractivity contribution is 5.97. The van der Waals surface area contributed by atoms with Crippen LogP contribution in [0.15, 0.2) is 11.3 Å². The number of carbonyl (C=O) groups excluding carboxylic acids is 1. The quantitative estimate of drug-likeness (QED) is 0.615. The van der Waals surface area contributed by atoms with Crippen molar-refractivity contribution >= 4 is 5.78 Å². The van der Waals surface area contributed by atoms with E-state index in [1.807, 2.05) is 6.92 Å². The molecular weight excluding hydrogens is 168 g/mol. The molecule has 2 unspecified atom stereocenters. The number of allylic oxidation sites excluding steroid dienone is 2. The first kappa shape index (κ1) is 8.75. The Morgan fingerprint density at radius 1 is 1.46 bits per heavy atom. The summed E-state index contributed by atoms with van der Waals surface area (Å²) in [5, 5.41) is 9.34. The molecule has 0 aromatic heterocycles. The Morgan fingerprint density at radius 3 is 3.00 bits per heavy atom. The molecule has 2 rings (SSSR count). The fourth-order valence-electron chi connectivity index (χ4n) is 2.14. The number of Topliss-reactive ketones (excluding diaryl/α,β-unsaturated/α-hetero) is 1. The van der Waals surface area contributed by atoms with Gasteiger partial charge in [-0.3, -0.25) is 4.79 Å². The predicted octanol–water partition coefficient (Wildman–Crippen LogP) is 1.37. The standard InChI is InChI=1S/C10H14O3/c1-6-5-9(12)13-8-4-2-3-7(11)10(6)8/h6,9,12H,2-5H2,1H3. The van der Waals surface area contributed by atoms with Crippen molar-refractivity contribution in [1.29, 1.82) is 0 Å². The molecule has 1 aliphatic carbocycles. The lowest BCUT2D eigenvalue weighted by Gasteiger charge is -2.31. The van der Waals surface area contributed by atoms with E-state index in [1.165, 1.54) is 0 Å². The van der Waals surface area contributed by atoms with Gasteiger partial charge in [-0.2, -0.15) is 0 Å². The molecule has 0 amide bonds. The Bertz CT molecular complexity index is 267. The van der Waals surface area contributed by atoms with Crippen molar-refractivity contribution in [3.8, 4) is 0 Å². The Morgan fingerprint density at radius 2 is 2.23 bits per heavy atom. The Hall–Kier alpha value is -0.830. The minimum atomic E-state index is -0.709. The SMILES string of the molecule is CC1CC(O)OC2=C1C(=O)CCC2. The molecule has 0 radical (unpaired) electrons. The molecule has 0 bridgehead atoms. The highest BCUT2D eigenvalue weighted by Crippen LogP contribution is 2.35. The average Bonchev–Trinajstić information content (AvgIpc) is 2.02. The van der Waals surface area contributed by atoms with Crippen LogP contribution < -0.4 is 0 Å². The summed E-state index contributed by atoms with van der Waals surface area (Å²) in [7, 11) is 0. The first-order chi connectivity index (χ1) is 6.18. The molecule has 0 aromatic rings. The van der Waals surface area contributed by atoms with E-state index in [0.717, 1.165) is 24.2 Å². The monoisotopic (exact) mass is 182 g/mol. The highest BCUT2D eigenvalue weighted by Gasteiger charge is 2.32. The fourth-order valence-corrected chi connectivity index (χ4v) is 2.14. The van der Waals surface area contributed by atoms with Crippen LogP contribution in [0.1, 0.15) is 32.6 Å². The molecule has 3 heteroatoms. The largest absolute Gasteiger partial charge is 0.469 e. The van der Waals surface area contributed by atoms with Gasteiger partial charge in [-0.1, -0.05) is 6.92 Å². The summed E-state index contributed by atoms with van der Waals surface area (Å²) in [5.74, 6) is 1.11. The van der Waals surface area contributed by atoms with Crippen LogP contribution in [0.25, 0.3) is 0 Å². The van der Waals surface area contributed by atoms with Gasteiger partial charge in [0.15, 0.2) is 12.1 Å². The number of aliphatic hydroxyl groups is 1. The average molecular weight is 182 g/mol. The zero-order chi connectivity index (χ0) is 9.42. The van der Waals surface area contributed by atoms with Crippen LogP contribution in [0.2, 0.25) is 0 Å². The van der Waals surface area contributed by atoms with Gasteiger partial charge in [-0.15, -0.1) is 0 Å². The van der Waals surface area contributed by atoms with Gasteiger partial charge in [0.2, 0.25) is 0 Å². The summed E-state index contributed by atoms with van der Waals surface area (Å²) in [4.78, 5) is 11.5. The molecule has 0 aromatic carbocycles. The first-order valence-electron chi connectivity index (χ1n) is 4.79. The van der Waals surface area contributed by atoms with E-state index < -0.39 is 6.29 Å². The Kier molecular flexibility index (Phi) is 2.12. The Labute approximate surface area is 77.4 Å². The maximum atomic E-state index is 11.5. The van der Waals surface area contributed by atoms with Crippen molar-refractivity contribution in [2.24, 2.45) is 5.92 Å². The molecule has 72 valence electrons. The molecule has 1 aliphatic heterocycles. The highest BCUT2D eigenvalue weighted by atomic mass is 16.6. The third-order valence-electron chi connectivity index (χ3n) is 2.73. The molecule has 13 heavy (non-hydrogen) atoms. The summed E-state index contributed by atoms with van der Waals surface area (Å²) in [6, 6.07) is 0. The van der Waals surface area contributed by atoms with E-state index in [1.54, 1.807) is 0 Å². The van der Waals surface area contributed by atoms with Crippen LogP contribution in [0.3, 0.4) is 0 Å². The zero-order valence-electron chi connectivity index (χ0n) is 7.75. The molecular formula is C10H14O3. The number of aliphatic hydroxyl groups excluding tert-OH is 1. The van der Waals surface area contributed by atoms with Crippen molar-refractivity contribution in [3.05, 3.63) is 11.3 Å². The molecule has 0 spiro atoms. The van der Waals surface area contributed by atoms with Crippen molar-refractivity contribution in [2.45, 2.75) is 38.9 Å². The minimum absolute atomic E-state index is 0.159. The van der Waals surface area contributed by atoms with E-state index in [4.69, 9.17) is 4.74 Å². The van der Waals surface area contributed by atoms with E-state index >= 15 is 0 Å². The van der Waals surface area contributed by atoms with Crippen molar-refractivity contribution in [2.75, 3.05) is 0 Å². The second-order valence-electron chi connectivity index (χ2n) is 3.82. The van der Waals surface area contributed by atoms with Gasteiger partial charge in [0.1, 0.15) is 5.76 Å². The molecule has 1 N–H and O–H groups in total. The van der Waals surface area contributed by atoms with Gasteiger partial charge in [0.05, 0.1) is 0 Å². The maximum Gasteiger partial charge on any atom is 0.197 e. The number of ether oxygens (including phenoxy) is 1. The number of ketones is 1. The normalized spacial score (nSPS) is 34.2. The van der Waals surface area contributed by atoms with Crippen molar-refractivity contribution in [1.82, 2.24) is 0 Å². The summed E-state index contributed by atoms with van der Waals surface area (Å²) in [6.07, 6.45) is 2.15. The van der Waals surface area contributed by atoms with E-state index in [-0.39, 0.29) is 11.7 Å². The fraction of sp³-hybridized carbons (Fsp3) is 0.700. The van der Waals surface area contributed by atoms with E-state index in [0.29, 0.717) is 12.8 Å². The van der Waals surface area contributed by atoms with Gasteiger partial charge in [0, 0.05) is 24.8 Å². The summed E-state index contributed by atoms with van der Waals surface area (Å²) >= 11 is 0. The van der Waals surface area contributed by atoms with Gasteiger partial charge in [0.25, 0.3) is 0 Å². The first-order valence-corrected chi connectivity index (χ1v) is 4.79. The number of rotatable bonds is 0. The molecule has 1 heterocycles. The van der Waals surface area contributed by atoms with E-state index in [9.17, 15) is 9.90 Å². The zero-order valence-corrected chi connectivity index (χ0v) is 7.75. The predicted molar refractivity (Wildman–Crippen MR) is 46.8 cm³/mol. The lowest BCUT2D eigenvalue weighted by molar-refractivity contribution is -0.123. The molecule has 0 saturated heterocycles.